The van der Waals surface area contributed by atoms with Crippen LogP contribution in [0.4, 0.5) is 0 Å². The lowest BCUT2D eigenvalue weighted by Gasteiger charge is -2.20. The first-order chi connectivity index (χ1) is 8.35. The van der Waals surface area contributed by atoms with Crippen molar-refractivity contribution < 1.29 is 9.47 Å². The van der Waals surface area contributed by atoms with Crippen LogP contribution in [0.2, 0.25) is 0 Å². The fourth-order valence-electron chi connectivity index (χ4n) is 1.96. The zero-order valence-electron chi connectivity index (χ0n) is 10.2. The van der Waals surface area contributed by atoms with Gasteiger partial charge in [0.2, 0.25) is 0 Å². The van der Waals surface area contributed by atoms with Gasteiger partial charge in [0.1, 0.15) is 13.2 Å². The number of hydrogen-bond acceptors (Lipinski definition) is 4. The predicted octanol–water partition coefficient (Wildman–Crippen LogP) is 2.46. The Kier molecular flexibility index (Phi) is 4.57. The highest BCUT2D eigenvalue weighted by Gasteiger charge is 2.15. The van der Waals surface area contributed by atoms with Crippen LogP contribution in [0.15, 0.2) is 17.0 Å². The zero-order valence-corrected chi connectivity index (χ0v) is 11.0. The molecule has 2 rings (SSSR count). The van der Waals surface area contributed by atoms with E-state index in [1.165, 1.54) is 10.5 Å². The van der Waals surface area contributed by atoms with Crippen molar-refractivity contribution in [3.63, 3.8) is 0 Å². The van der Waals surface area contributed by atoms with Gasteiger partial charge in [0.05, 0.1) is 0 Å². The summed E-state index contributed by atoms with van der Waals surface area (Å²) >= 11 is 1.76. The minimum atomic E-state index is 0.646. The van der Waals surface area contributed by atoms with E-state index in [2.05, 4.69) is 18.4 Å². The van der Waals surface area contributed by atoms with Gasteiger partial charge in [-0.05, 0) is 49.8 Å². The van der Waals surface area contributed by atoms with Crippen LogP contribution in [0.1, 0.15) is 18.4 Å². The minimum absolute atomic E-state index is 0.646. The molecule has 0 saturated heterocycles. The second-order valence-corrected chi connectivity index (χ2v) is 4.90. The van der Waals surface area contributed by atoms with E-state index in [1.54, 1.807) is 11.8 Å². The summed E-state index contributed by atoms with van der Waals surface area (Å²) in [4.78, 5) is 1.28. The van der Waals surface area contributed by atoms with Crippen LogP contribution < -0.4 is 15.2 Å². The second-order valence-electron chi connectivity index (χ2n) is 4.05. The van der Waals surface area contributed by atoms with Crippen molar-refractivity contribution >= 4 is 11.8 Å². The molecule has 0 atom stereocenters. The van der Waals surface area contributed by atoms with E-state index in [9.17, 15) is 0 Å². The molecule has 17 heavy (non-hydrogen) atoms. The van der Waals surface area contributed by atoms with Crippen molar-refractivity contribution in [1.82, 2.24) is 0 Å². The molecule has 0 spiro atoms. The quantitative estimate of drug-likeness (QED) is 0.646. The van der Waals surface area contributed by atoms with Gasteiger partial charge < -0.3 is 15.2 Å². The topological polar surface area (TPSA) is 44.5 Å². The van der Waals surface area contributed by atoms with E-state index < -0.39 is 0 Å². The van der Waals surface area contributed by atoms with E-state index in [0.29, 0.717) is 13.2 Å². The first kappa shape index (κ1) is 12.6. The number of nitrogens with two attached hydrogens (primary N) is 1. The fourth-order valence-corrected chi connectivity index (χ4v) is 2.61. The SMILES string of the molecule is CSc1cc2c(cc1CCCCN)OCCO2. The third-order valence-corrected chi connectivity index (χ3v) is 3.67. The van der Waals surface area contributed by atoms with Gasteiger partial charge >= 0.3 is 0 Å². The molecule has 3 nitrogen and oxygen atoms in total. The van der Waals surface area contributed by atoms with Gasteiger partial charge in [0.15, 0.2) is 11.5 Å². The summed E-state index contributed by atoms with van der Waals surface area (Å²) in [5.74, 6) is 1.76. The summed E-state index contributed by atoms with van der Waals surface area (Å²) in [6.07, 6.45) is 5.35. The molecule has 94 valence electrons. The van der Waals surface area contributed by atoms with Crippen LogP contribution >= 0.6 is 11.8 Å². The molecule has 0 fully saturated rings. The predicted molar refractivity (Wildman–Crippen MR) is 71.2 cm³/mol. The molecular formula is C13H19NO2S. The van der Waals surface area contributed by atoms with Crippen molar-refractivity contribution in [2.24, 2.45) is 5.73 Å². The Morgan fingerprint density at radius 3 is 2.53 bits per heavy atom. The largest absolute Gasteiger partial charge is 0.486 e. The molecule has 1 aromatic rings. The van der Waals surface area contributed by atoms with Crippen LogP contribution in [-0.4, -0.2) is 26.0 Å². The standard InChI is InChI=1S/C13H19NO2S/c1-17-13-9-12-11(15-6-7-16-12)8-10(13)4-2-3-5-14/h8-9H,2-7,14H2,1H3. The number of hydrogen-bond donors (Lipinski definition) is 1. The highest BCUT2D eigenvalue weighted by molar-refractivity contribution is 7.98. The minimum Gasteiger partial charge on any atom is -0.486 e. The average molecular weight is 253 g/mol. The molecule has 0 amide bonds. The van der Waals surface area contributed by atoms with Gasteiger partial charge in [-0.15, -0.1) is 11.8 Å². The van der Waals surface area contributed by atoms with Gasteiger partial charge in [-0.1, -0.05) is 0 Å². The summed E-state index contributed by atoms with van der Waals surface area (Å²) in [6.45, 7) is 2.06. The number of rotatable bonds is 5. The van der Waals surface area contributed by atoms with Crippen LogP contribution in [0.5, 0.6) is 11.5 Å². The van der Waals surface area contributed by atoms with E-state index in [1.807, 2.05) is 0 Å². The van der Waals surface area contributed by atoms with Gasteiger partial charge in [0, 0.05) is 4.90 Å². The molecule has 0 aromatic heterocycles. The van der Waals surface area contributed by atoms with Crippen molar-refractivity contribution in [2.45, 2.75) is 24.2 Å². The third-order valence-electron chi connectivity index (χ3n) is 2.85. The lowest BCUT2D eigenvalue weighted by atomic mass is 10.1. The van der Waals surface area contributed by atoms with E-state index in [0.717, 1.165) is 37.3 Å². The normalized spacial score (nSPS) is 13.8. The van der Waals surface area contributed by atoms with Gasteiger partial charge in [0.25, 0.3) is 0 Å². The summed E-state index contributed by atoms with van der Waals surface area (Å²) in [5.41, 5.74) is 6.87. The highest BCUT2D eigenvalue weighted by atomic mass is 32.2. The first-order valence-corrected chi connectivity index (χ1v) is 7.24. The third kappa shape index (κ3) is 3.07. The van der Waals surface area contributed by atoms with Gasteiger partial charge in [-0.3, -0.25) is 0 Å². The maximum atomic E-state index is 5.61. The average Bonchev–Trinajstić information content (AvgIpc) is 2.38. The van der Waals surface area contributed by atoms with E-state index in [4.69, 9.17) is 15.2 Å². The van der Waals surface area contributed by atoms with Crippen molar-refractivity contribution in [1.29, 1.82) is 0 Å². The lowest BCUT2D eigenvalue weighted by molar-refractivity contribution is 0.171. The van der Waals surface area contributed by atoms with Gasteiger partial charge in [-0.2, -0.15) is 0 Å². The number of ether oxygens (including phenoxy) is 2. The zero-order chi connectivity index (χ0) is 12.1. The van der Waals surface area contributed by atoms with Crippen LogP contribution in [-0.2, 0) is 6.42 Å². The molecule has 0 radical (unpaired) electrons. The lowest BCUT2D eigenvalue weighted by Crippen LogP contribution is -2.15. The van der Waals surface area contributed by atoms with Crippen LogP contribution in [0.3, 0.4) is 0 Å². The van der Waals surface area contributed by atoms with Crippen molar-refractivity contribution in [2.75, 3.05) is 26.0 Å². The monoisotopic (exact) mass is 253 g/mol. The van der Waals surface area contributed by atoms with Gasteiger partial charge in [-0.25, -0.2) is 0 Å². The smallest absolute Gasteiger partial charge is 0.162 e. The summed E-state index contributed by atoms with van der Waals surface area (Å²) in [6, 6.07) is 4.22. The summed E-state index contributed by atoms with van der Waals surface area (Å²) in [7, 11) is 0. The number of unbranched alkanes of at least 4 members (excludes halogenated alkanes) is 1. The van der Waals surface area contributed by atoms with Crippen molar-refractivity contribution in [3.05, 3.63) is 17.7 Å². The maximum absolute atomic E-state index is 5.61. The molecular weight excluding hydrogens is 234 g/mol. The molecule has 0 bridgehead atoms. The Morgan fingerprint density at radius 2 is 1.88 bits per heavy atom. The van der Waals surface area contributed by atoms with Crippen LogP contribution in [0.25, 0.3) is 0 Å². The molecule has 1 heterocycles. The Balaban J connectivity index is 2.17. The van der Waals surface area contributed by atoms with Crippen molar-refractivity contribution in [3.8, 4) is 11.5 Å². The summed E-state index contributed by atoms with van der Waals surface area (Å²) < 4.78 is 11.2. The number of thioether (sulfide) groups is 1. The maximum Gasteiger partial charge on any atom is 0.162 e. The second kappa shape index (κ2) is 6.17. The van der Waals surface area contributed by atoms with Crippen LogP contribution in [0, 0.1) is 0 Å². The Morgan fingerprint density at radius 1 is 1.18 bits per heavy atom. The Labute approximate surface area is 107 Å². The van der Waals surface area contributed by atoms with E-state index >= 15 is 0 Å². The first-order valence-electron chi connectivity index (χ1n) is 6.01. The molecule has 1 aromatic carbocycles. The fraction of sp³-hybridized carbons (Fsp3) is 0.538. The number of fused-ring (bicyclic) bond motifs is 1. The Hall–Kier alpha value is -0.870. The number of aryl methyl sites for hydroxylation is 1. The highest BCUT2D eigenvalue weighted by Crippen LogP contribution is 2.37. The number of benzene rings is 1. The molecule has 0 saturated carbocycles. The molecule has 1 aliphatic rings. The Bertz CT molecular complexity index is 382. The van der Waals surface area contributed by atoms with E-state index in [-0.39, 0.29) is 0 Å². The molecule has 0 aliphatic carbocycles. The summed E-state index contributed by atoms with van der Waals surface area (Å²) in [5, 5.41) is 0. The molecule has 2 N–H and O–H groups in total. The molecule has 0 unspecified atom stereocenters. The molecule has 1 aliphatic heterocycles. The molecule has 4 heteroatoms.